The second kappa shape index (κ2) is 3.92. The van der Waals surface area contributed by atoms with E-state index < -0.39 is 0 Å². The zero-order valence-electron chi connectivity index (χ0n) is 6.77. The zero-order valence-corrected chi connectivity index (χ0v) is 7.59. The lowest BCUT2D eigenvalue weighted by molar-refractivity contribution is 0.143. The van der Waals surface area contributed by atoms with Crippen molar-refractivity contribution >= 4 is 11.8 Å². The van der Waals surface area contributed by atoms with Gasteiger partial charge in [-0.05, 0) is 11.6 Å². The van der Waals surface area contributed by atoms with Crippen LogP contribution in [0.4, 0.5) is 0 Å². The number of rotatable bonds is 1. The van der Waals surface area contributed by atoms with Crippen molar-refractivity contribution in [1.29, 1.82) is 0 Å². The van der Waals surface area contributed by atoms with Crippen molar-refractivity contribution in [3.05, 3.63) is 30.1 Å². The van der Waals surface area contributed by atoms with Crippen molar-refractivity contribution in [1.82, 2.24) is 4.98 Å². The molecule has 0 amide bonds. The second-order valence-electron chi connectivity index (χ2n) is 2.72. The minimum absolute atomic E-state index is 0.493. The highest BCUT2D eigenvalue weighted by Gasteiger charge is 2.15. The van der Waals surface area contributed by atoms with Gasteiger partial charge in [-0.1, -0.05) is 6.07 Å². The Kier molecular flexibility index (Phi) is 2.64. The summed E-state index contributed by atoms with van der Waals surface area (Å²) in [7, 11) is 0. The molecule has 0 aliphatic carbocycles. The third-order valence-electron chi connectivity index (χ3n) is 1.87. The first-order chi connectivity index (χ1) is 5.97. The molecule has 0 N–H and O–H groups in total. The number of aromatic nitrogens is 1. The Morgan fingerprint density at radius 1 is 1.58 bits per heavy atom. The van der Waals surface area contributed by atoms with Crippen LogP contribution < -0.4 is 0 Å². The summed E-state index contributed by atoms with van der Waals surface area (Å²) in [5, 5.41) is 0.493. The molecule has 1 aliphatic rings. The molecule has 1 atom stereocenters. The SMILES string of the molecule is c1cncc(C2COCCS2)c1. The average Bonchev–Trinajstić information content (AvgIpc) is 2.21. The van der Waals surface area contributed by atoms with Gasteiger partial charge >= 0.3 is 0 Å². The fourth-order valence-electron chi connectivity index (χ4n) is 1.25. The van der Waals surface area contributed by atoms with Gasteiger partial charge in [-0.25, -0.2) is 0 Å². The summed E-state index contributed by atoms with van der Waals surface area (Å²) in [6.07, 6.45) is 3.73. The quantitative estimate of drug-likeness (QED) is 0.660. The molecule has 0 saturated carbocycles. The highest BCUT2D eigenvalue weighted by molar-refractivity contribution is 7.99. The molecule has 1 aromatic heterocycles. The minimum Gasteiger partial charge on any atom is -0.379 e. The highest BCUT2D eigenvalue weighted by atomic mass is 32.2. The largest absolute Gasteiger partial charge is 0.379 e. The van der Waals surface area contributed by atoms with Crippen molar-refractivity contribution in [3.8, 4) is 0 Å². The summed E-state index contributed by atoms with van der Waals surface area (Å²) < 4.78 is 5.39. The predicted octanol–water partition coefficient (Wildman–Crippen LogP) is 1.89. The molecule has 1 fully saturated rings. The Labute approximate surface area is 76.3 Å². The lowest BCUT2D eigenvalue weighted by Gasteiger charge is -2.21. The highest BCUT2D eigenvalue weighted by Crippen LogP contribution is 2.30. The fourth-order valence-corrected chi connectivity index (χ4v) is 2.27. The van der Waals surface area contributed by atoms with Crippen molar-refractivity contribution in [2.45, 2.75) is 5.25 Å². The first-order valence-electron chi connectivity index (χ1n) is 4.06. The van der Waals surface area contributed by atoms with E-state index in [0.29, 0.717) is 5.25 Å². The molecule has 1 aromatic rings. The Hall–Kier alpha value is -0.540. The molecule has 2 rings (SSSR count). The molecule has 0 radical (unpaired) electrons. The van der Waals surface area contributed by atoms with Crippen molar-refractivity contribution in [2.75, 3.05) is 19.0 Å². The number of hydrogen-bond acceptors (Lipinski definition) is 3. The van der Waals surface area contributed by atoms with E-state index in [-0.39, 0.29) is 0 Å². The van der Waals surface area contributed by atoms with E-state index in [0.717, 1.165) is 19.0 Å². The number of nitrogens with zero attached hydrogens (tertiary/aromatic N) is 1. The number of thioether (sulfide) groups is 1. The Morgan fingerprint density at radius 2 is 2.58 bits per heavy atom. The van der Waals surface area contributed by atoms with Crippen LogP contribution in [0.25, 0.3) is 0 Å². The van der Waals surface area contributed by atoms with E-state index in [4.69, 9.17) is 4.74 Å². The van der Waals surface area contributed by atoms with E-state index >= 15 is 0 Å². The van der Waals surface area contributed by atoms with Crippen LogP contribution in [0.1, 0.15) is 10.8 Å². The predicted molar refractivity (Wildman–Crippen MR) is 50.3 cm³/mol. The first-order valence-corrected chi connectivity index (χ1v) is 5.11. The van der Waals surface area contributed by atoms with E-state index in [1.54, 1.807) is 6.20 Å². The summed E-state index contributed by atoms with van der Waals surface area (Å²) in [6.45, 7) is 1.72. The molecule has 2 nitrogen and oxygen atoms in total. The van der Waals surface area contributed by atoms with Crippen LogP contribution in [0.2, 0.25) is 0 Å². The molecule has 1 aliphatic heterocycles. The van der Waals surface area contributed by atoms with Crippen LogP contribution in [0, 0.1) is 0 Å². The van der Waals surface area contributed by atoms with Crippen LogP contribution >= 0.6 is 11.8 Å². The molecule has 1 unspecified atom stereocenters. The van der Waals surface area contributed by atoms with E-state index in [1.807, 2.05) is 24.0 Å². The van der Waals surface area contributed by atoms with Gasteiger partial charge in [-0.15, -0.1) is 11.8 Å². The molecular weight excluding hydrogens is 170 g/mol. The third-order valence-corrected chi connectivity index (χ3v) is 3.09. The van der Waals surface area contributed by atoms with Crippen LogP contribution in [-0.4, -0.2) is 24.0 Å². The Bertz CT molecular complexity index is 234. The number of ether oxygens (including phenoxy) is 1. The summed E-state index contributed by atoms with van der Waals surface area (Å²) in [4.78, 5) is 4.09. The smallest absolute Gasteiger partial charge is 0.0627 e. The normalized spacial score (nSPS) is 23.8. The zero-order chi connectivity index (χ0) is 8.23. The maximum Gasteiger partial charge on any atom is 0.0627 e. The first kappa shape index (κ1) is 8.08. The molecular formula is C9H11NOS. The van der Waals surface area contributed by atoms with Gasteiger partial charge in [0.2, 0.25) is 0 Å². The van der Waals surface area contributed by atoms with Gasteiger partial charge in [-0.2, -0.15) is 0 Å². The lowest BCUT2D eigenvalue weighted by Crippen LogP contribution is -2.14. The van der Waals surface area contributed by atoms with Crippen molar-refractivity contribution in [2.24, 2.45) is 0 Å². The second-order valence-corrected chi connectivity index (χ2v) is 4.03. The van der Waals surface area contributed by atoms with Gasteiger partial charge < -0.3 is 4.74 Å². The molecule has 0 spiro atoms. The summed E-state index contributed by atoms with van der Waals surface area (Å²) >= 11 is 1.95. The fraction of sp³-hybridized carbons (Fsp3) is 0.444. The van der Waals surface area contributed by atoms with Crippen molar-refractivity contribution in [3.63, 3.8) is 0 Å². The van der Waals surface area contributed by atoms with Crippen LogP contribution in [0.5, 0.6) is 0 Å². The third kappa shape index (κ3) is 1.79. The molecule has 12 heavy (non-hydrogen) atoms. The van der Waals surface area contributed by atoms with Crippen LogP contribution in [0.3, 0.4) is 0 Å². The van der Waals surface area contributed by atoms with E-state index in [9.17, 15) is 0 Å². The van der Waals surface area contributed by atoms with E-state index in [2.05, 4.69) is 11.1 Å². The molecule has 1 saturated heterocycles. The van der Waals surface area contributed by atoms with Gasteiger partial charge in [-0.3, -0.25) is 4.98 Å². The summed E-state index contributed by atoms with van der Waals surface area (Å²) in [6, 6.07) is 4.09. The van der Waals surface area contributed by atoms with E-state index in [1.165, 1.54) is 5.56 Å². The Balaban J connectivity index is 2.08. The van der Waals surface area contributed by atoms with Crippen LogP contribution in [0.15, 0.2) is 24.5 Å². The Morgan fingerprint density at radius 3 is 3.25 bits per heavy atom. The summed E-state index contributed by atoms with van der Waals surface area (Å²) in [5.41, 5.74) is 1.28. The standard InChI is InChI=1S/C9H11NOS/c1-2-8(6-10-3-1)9-7-11-4-5-12-9/h1-3,6,9H,4-5,7H2. The maximum absolute atomic E-state index is 5.39. The topological polar surface area (TPSA) is 22.1 Å². The van der Waals surface area contributed by atoms with Gasteiger partial charge in [0, 0.05) is 18.1 Å². The minimum atomic E-state index is 0.493. The van der Waals surface area contributed by atoms with Gasteiger partial charge in [0.05, 0.1) is 18.5 Å². The average molecular weight is 181 g/mol. The molecule has 2 heterocycles. The van der Waals surface area contributed by atoms with Gasteiger partial charge in [0.1, 0.15) is 0 Å². The molecule has 0 aromatic carbocycles. The lowest BCUT2D eigenvalue weighted by atomic mass is 10.2. The number of hydrogen-bond donors (Lipinski definition) is 0. The van der Waals surface area contributed by atoms with Gasteiger partial charge in [0.15, 0.2) is 0 Å². The molecule has 3 heteroatoms. The maximum atomic E-state index is 5.39. The summed E-state index contributed by atoms with van der Waals surface area (Å²) in [5.74, 6) is 1.10. The molecule has 64 valence electrons. The molecule has 0 bridgehead atoms. The van der Waals surface area contributed by atoms with Crippen LogP contribution in [-0.2, 0) is 4.74 Å². The van der Waals surface area contributed by atoms with Crippen molar-refractivity contribution < 1.29 is 4.74 Å². The van der Waals surface area contributed by atoms with Gasteiger partial charge in [0.25, 0.3) is 0 Å². The monoisotopic (exact) mass is 181 g/mol. The number of pyridine rings is 1.